The SMILES string of the molecule is CC(C)(N)c1cc(-c2cncc(-c3ccc(NS(C)(=O)=O)cc3Cl)c2)ccn1. The molecule has 2 aromatic heterocycles. The fourth-order valence-electron chi connectivity index (χ4n) is 2.73. The van der Waals surface area contributed by atoms with Crippen molar-refractivity contribution in [3.63, 3.8) is 0 Å². The number of anilines is 1. The Balaban J connectivity index is 1.99. The van der Waals surface area contributed by atoms with Gasteiger partial charge in [0.2, 0.25) is 10.0 Å². The van der Waals surface area contributed by atoms with Crippen molar-refractivity contribution < 1.29 is 8.42 Å². The second kappa shape index (κ2) is 7.50. The van der Waals surface area contributed by atoms with E-state index in [9.17, 15) is 8.42 Å². The number of rotatable bonds is 5. The van der Waals surface area contributed by atoms with E-state index in [1.165, 1.54) is 0 Å². The topological polar surface area (TPSA) is 98.0 Å². The molecule has 0 aliphatic rings. The summed E-state index contributed by atoms with van der Waals surface area (Å²) in [6.45, 7) is 3.80. The zero-order valence-corrected chi connectivity index (χ0v) is 17.3. The molecule has 6 nitrogen and oxygen atoms in total. The number of nitrogens with zero attached hydrogens (tertiary/aromatic N) is 2. The monoisotopic (exact) mass is 416 g/mol. The number of benzene rings is 1. The average molecular weight is 417 g/mol. The van der Waals surface area contributed by atoms with Gasteiger partial charge in [0.1, 0.15) is 0 Å². The standard InChI is InChI=1S/C20H21ClN4O2S/c1-20(2,22)19-9-13(6-7-24-19)14-8-15(12-23-11-14)17-5-4-16(10-18(17)21)25-28(3,26)27/h4-12,25H,22H2,1-3H3. The third kappa shape index (κ3) is 4.86. The van der Waals surface area contributed by atoms with Crippen LogP contribution in [0.4, 0.5) is 5.69 Å². The van der Waals surface area contributed by atoms with Gasteiger partial charge in [0, 0.05) is 41.0 Å². The molecule has 1 aromatic carbocycles. The molecule has 0 aliphatic carbocycles. The Hall–Kier alpha value is -2.48. The highest BCUT2D eigenvalue weighted by Crippen LogP contribution is 2.33. The van der Waals surface area contributed by atoms with Crippen LogP contribution in [0.15, 0.2) is 55.0 Å². The van der Waals surface area contributed by atoms with Crippen LogP contribution in [0.2, 0.25) is 5.02 Å². The third-order valence-corrected chi connectivity index (χ3v) is 4.99. The van der Waals surface area contributed by atoms with Crippen LogP contribution in [0.5, 0.6) is 0 Å². The molecule has 146 valence electrons. The molecule has 3 rings (SSSR count). The van der Waals surface area contributed by atoms with E-state index in [1.807, 2.05) is 32.0 Å². The lowest BCUT2D eigenvalue weighted by atomic mass is 9.97. The quantitative estimate of drug-likeness (QED) is 0.654. The van der Waals surface area contributed by atoms with Crippen LogP contribution in [0.25, 0.3) is 22.3 Å². The number of halogens is 1. The lowest BCUT2D eigenvalue weighted by molar-refractivity contribution is 0.535. The van der Waals surface area contributed by atoms with Gasteiger partial charge in [-0.05, 0) is 49.7 Å². The Labute approximate surface area is 169 Å². The molecule has 8 heteroatoms. The van der Waals surface area contributed by atoms with Crippen LogP contribution in [-0.2, 0) is 15.6 Å². The van der Waals surface area contributed by atoms with Crippen molar-refractivity contribution in [1.29, 1.82) is 0 Å². The van der Waals surface area contributed by atoms with Gasteiger partial charge in [-0.3, -0.25) is 14.7 Å². The van der Waals surface area contributed by atoms with E-state index in [1.54, 1.807) is 36.8 Å². The minimum Gasteiger partial charge on any atom is -0.321 e. The molecule has 0 aliphatic heterocycles. The van der Waals surface area contributed by atoms with Gasteiger partial charge in [-0.1, -0.05) is 17.7 Å². The van der Waals surface area contributed by atoms with Gasteiger partial charge < -0.3 is 5.73 Å². The number of pyridine rings is 2. The maximum Gasteiger partial charge on any atom is 0.229 e. The molecule has 3 aromatic rings. The molecule has 3 N–H and O–H groups in total. The van der Waals surface area contributed by atoms with Crippen LogP contribution >= 0.6 is 11.6 Å². The summed E-state index contributed by atoms with van der Waals surface area (Å²) in [4.78, 5) is 8.68. The van der Waals surface area contributed by atoms with E-state index in [0.29, 0.717) is 10.7 Å². The van der Waals surface area contributed by atoms with Gasteiger partial charge in [-0.25, -0.2) is 8.42 Å². The maximum absolute atomic E-state index is 11.4. The van der Waals surface area contributed by atoms with Crippen LogP contribution in [0, 0.1) is 0 Å². The van der Waals surface area contributed by atoms with Gasteiger partial charge in [-0.2, -0.15) is 0 Å². The summed E-state index contributed by atoms with van der Waals surface area (Å²) < 4.78 is 25.2. The van der Waals surface area contributed by atoms with Gasteiger partial charge in [0.05, 0.1) is 22.5 Å². The smallest absolute Gasteiger partial charge is 0.229 e. The normalized spacial score (nSPS) is 12.0. The summed E-state index contributed by atoms with van der Waals surface area (Å²) in [5, 5.41) is 0.422. The van der Waals surface area contributed by atoms with Gasteiger partial charge in [-0.15, -0.1) is 0 Å². The lowest BCUT2D eigenvalue weighted by Crippen LogP contribution is -2.29. The minimum atomic E-state index is -3.37. The Morgan fingerprint density at radius 1 is 1.04 bits per heavy atom. The largest absolute Gasteiger partial charge is 0.321 e. The van der Waals surface area contributed by atoms with Crippen molar-refractivity contribution in [2.24, 2.45) is 5.73 Å². The highest BCUT2D eigenvalue weighted by atomic mass is 35.5. The fourth-order valence-corrected chi connectivity index (χ4v) is 3.58. The average Bonchev–Trinajstić information content (AvgIpc) is 2.60. The van der Waals surface area contributed by atoms with E-state index >= 15 is 0 Å². The van der Waals surface area contributed by atoms with E-state index in [-0.39, 0.29) is 0 Å². The minimum absolute atomic E-state index is 0.407. The van der Waals surface area contributed by atoms with Crippen molar-refractivity contribution in [2.45, 2.75) is 19.4 Å². The summed E-state index contributed by atoms with van der Waals surface area (Å²) in [6.07, 6.45) is 6.29. The number of hydrogen-bond acceptors (Lipinski definition) is 5. The third-order valence-electron chi connectivity index (χ3n) is 4.08. The summed E-state index contributed by atoms with van der Waals surface area (Å²) >= 11 is 6.39. The van der Waals surface area contributed by atoms with Gasteiger partial charge in [0.15, 0.2) is 0 Å². The van der Waals surface area contributed by atoms with Crippen molar-refractivity contribution >= 4 is 27.3 Å². The lowest BCUT2D eigenvalue weighted by Gasteiger charge is -2.18. The van der Waals surface area contributed by atoms with Crippen molar-refractivity contribution in [2.75, 3.05) is 11.0 Å². The van der Waals surface area contributed by atoms with E-state index in [0.717, 1.165) is 34.2 Å². The molecular weight excluding hydrogens is 396 g/mol. The van der Waals surface area contributed by atoms with E-state index in [4.69, 9.17) is 17.3 Å². The molecule has 0 spiro atoms. The maximum atomic E-state index is 11.4. The molecule has 0 bridgehead atoms. The summed E-state index contributed by atoms with van der Waals surface area (Å²) in [6, 6.07) is 10.8. The van der Waals surface area contributed by atoms with Crippen LogP contribution in [0.3, 0.4) is 0 Å². The van der Waals surface area contributed by atoms with Gasteiger partial charge in [0.25, 0.3) is 0 Å². The predicted molar refractivity (Wildman–Crippen MR) is 114 cm³/mol. The Morgan fingerprint density at radius 2 is 1.75 bits per heavy atom. The Bertz CT molecular complexity index is 1130. The predicted octanol–water partition coefficient (Wildman–Crippen LogP) is 4.03. The molecule has 2 heterocycles. The van der Waals surface area contributed by atoms with Crippen LogP contribution in [0.1, 0.15) is 19.5 Å². The van der Waals surface area contributed by atoms with Crippen LogP contribution < -0.4 is 10.5 Å². The highest BCUT2D eigenvalue weighted by molar-refractivity contribution is 7.92. The molecule has 0 fully saturated rings. The number of hydrogen-bond donors (Lipinski definition) is 2. The van der Waals surface area contributed by atoms with E-state index in [2.05, 4.69) is 14.7 Å². The van der Waals surface area contributed by atoms with E-state index < -0.39 is 15.6 Å². The Morgan fingerprint density at radius 3 is 2.39 bits per heavy atom. The first kappa shape index (κ1) is 20.3. The van der Waals surface area contributed by atoms with Crippen LogP contribution in [-0.4, -0.2) is 24.6 Å². The first-order valence-electron chi connectivity index (χ1n) is 8.51. The first-order valence-corrected chi connectivity index (χ1v) is 10.8. The summed E-state index contributed by atoms with van der Waals surface area (Å²) in [5.74, 6) is 0. The van der Waals surface area contributed by atoms with Gasteiger partial charge >= 0.3 is 0 Å². The molecule has 0 atom stereocenters. The molecule has 0 unspecified atom stereocenters. The number of aromatic nitrogens is 2. The van der Waals surface area contributed by atoms with Crippen molar-refractivity contribution in [3.8, 4) is 22.3 Å². The zero-order chi connectivity index (χ0) is 20.5. The summed E-state index contributed by atoms with van der Waals surface area (Å²) in [5.41, 5.74) is 10.2. The molecule has 0 amide bonds. The zero-order valence-electron chi connectivity index (χ0n) is 15.8. The number of sulfonamides is 1. The first-order chi connectivity index (χ1) is 13.0. The molecule has 0 radical (unpaired) electrons. The second-order valence-corrected chi connectivity index (χ2v) is 9.34. The molecule has 0 saturated heterocycles. The molecule has 28 heavy (non-hydrogen) atoms. The summed E-state index contributed by atoms with van der Waals surface area (Å²) in [7, 11) is -3.37. The second-order valence-electron chi connectivity index (χ2n) is 7.18. The number of nitrogens with two attached hydrogens (primary N) is 1. The molecular formula is C20H21ClN4O2S. The van der Waals surface area contributed by atoms with Crippen molar-refractivity contribution in [1.82, 2.24) is 9.97 Å². The highest BCUT2D eigenvalue weighted by Gasteiger charge is 2.16. The Kier molecular flexibility index (Phi) is 5.43. The van der Waals surface area contributed by atoms with Crippen molar-refractivity contribution in [3.05, 3.63) is 65.7 Å². The number of nitrogens with one attached hydrogen (secondary N) is 1. The fraction of sp³-hybridized carbons (Fsp3) is 0.200. The molecule has 0 saturated carbocycles.